The Morgan fingerprint density at radius 1 is 1.26 bits per heavy atom. The van der Waals surface area contributed by atoms with Gasteiger partial charge in [0.05, 0.1) is 11.7 Å². The van der Waals surface area contributed by atoms with Crippen LogP contribution in [0.15, 0.2) is 42.7 Å². The summed E-state index contributed by atoms with van der Waals surface area (Å²) in [5, 5.41) is 8.79. The van der Waals surface area contributed by atoms with Crippen molar-refractivity contribution >= 4 is 16.6 Å². The number of aromatic nitrogens is 3. The van der Waals surface area contributed by atoms with E-state index in [0.29, 0.717) is 0 Å². The van der Waals surface area contributed by atoms with E-state index in [0.717, 1.165) is 28.8 Å². The summed E-state index contributed by atoms with van der Waals surface area (Å²) in [6.07, 6.45) is 3.90. The summed E-state index contributed by atoms with van der Waals surface area (Å²) in [5.41, 5.74) is 4.33. The van der Waals surface area contributed by atoms with Crippen LogP contribution in [0.4, 0.5) is 5.69 Å². The van der Waals surface area contributed by atoms with E-state index in [1.807, 2.05) is 49.2 Å². The normalized spacial score (nSPS) is 10.8. The highest BCUT2D eigenvalue weighted by atomic mass is 15.2. The number of benzene rings is 1. The van der Waals surface area contributed by atoms with Crippen LogP contribution < -0.4 is 5.32 Å². The zero-order chi connectivity index (χ0) is 13.2. The minimum absolute atomic E-state index is 0.765. The molecule has 0 amide bonds. The third-order valence-corrected chi connectivity index (χ3v) is 3.09. The third-order valence-electron chi connectivity index (χ3n) is 3.09. The summed E-state index contributed by atoms with van der Waals surface area (Å²) in [5.74, 6) is 0. The molecule has 0 aliphatic rings. The lowest BCUT2D eigenvalue weighted by atomic mass is 10.1. The smallest absolute Gasteiger partial charge is 0.0725 e. The van der Waals surface area contributed by atoms with E-state index in [-0.39, 0.29) is 0 Å². The van der Waals surface area contributed by atoms with Crippen LogP contribution in [0.1, 0.15) is 11.3 Å². The fraction of sp³-hybridized carbons (Fsp3) is 0.200. The Bertz CT molecular complexity index is 715. The highest BCUT2D eigenvalue weighted by Crippen LogP contribution is 2.23. The predicted molar refractivity (Wildman–Crippen MR) is 77.0 cm³/mol. The Kier molecular flexibility index (Phi) is 2.91. The van der Waals surface area contributed by atoms with Crippen LogP contribution in [0.5, 0.6) is 0 Å². The fourth-order valence-electron chi connectivity index (χ4n) is 2.21. The average Bonchev–Trinajstić information content (AvgIpc) is 2.81. The summed E-state index contributed by atoms with van der Waals surface area (Å²) in [4.78, 5) is 4.54. The maximum Gasteiger partial charge on any atom is 0.0725 e. The van der Waals surface area contributed by atoms with Crippen molar-refractivity contribution in [2.24, 2.45) is 7.05 Å². The first-order chi connectivity index (χ1) is 9.22. The second kappa shape index (κ2) is 4.72. The number of hydrogen-bond donors (Lipinski definition) is 1. The average molecular weight is 252 g/mol. The number of pyridine rings is 1. The number of nitrogens with zero attached hydrogens (tertiary/aromatic N) is 3. The first-order valence-corrected chi connectivity index (χ1v) is 6.30. The molecule has 0 aliphatic heterocycles. The molecule has 19 heavy (non-hydrogen) atoms. The van der Waals surface area contributed by atoms with Crippen molar-refractivity contribution in [2.45, 2.75) is 13.5 Å². The van der Waals surface area contributed by atoms with Gasteiger partial charge >= 0.3 is 0 Å². The Labute approximate surface area is 112 Å². The van der Waals surface area contributed by atoms with Crippen LogP contribution in [-0.4, -0.2) is 14.8 Å². The molecule has 0 atom stereocenters. The molecule has 3 rings (SSSR count). The van der Waals surface area contributed by atoms with Gasteiger partial charge in [-0.3, -0.25) is 9.67 Å². The Morgan fingerprint density at radius 2 is 2.11 bits per heavy atom. The lowest BCUT2D eigenvalue weighted by Crippen LogP contribution is -2.00. The molecule has 0 saturated carbocycles. The molecular weight excluding hydrogens is 236 g/mol. The quantitative estimate of drug-likeness (QED) is 0.779. The molecule has 0 aliphatic carbocycles. The van der Waals surface area contributed by atoms with Crippen molar-refractivity contribution in [1.29, 1.82) is 0 Å². The number of rotatable bonds is 3. The molecule has 1 N–H and O–H groups in total. The fourth-order valence-corrected chi connectivity index (χ4v) is 2.21. The maximum atomic E-state index is 4.54. The Morgan fingerprint density at radius 3 is 2.89 bits per heavy atom. The minimum atomic E-state index is 0.765. The zero-order valence-electron chi connectivity index (χ0n) is 11.1. The molecule has 0 saturated heterocycles. The van der Waals surface area contributed by atoms with E-state index in [4.69, 9.17) is 0 Å². The van der Waals surface area contributed by atoms with Gasteiger partial charge in [-0.2, -0.15) is 5.10 Å². The second-order valence-electron chi connectivity index (χ2n) is 4.70. The van der Waals surface area contributed by atoms with Crippen molar-refractivity contribution in [3.05, 3.63) is 54.0 Å². The van der Waals surface area contributed by atoms with E-state index in [2.05, 4.69) is 27.5 Å². The van der Waals surface area contributed by atoms with Crippen LogP contribution in [0, 0.1) is 6.92 Å². The van der Waals surface area contributed by atoms with Crippen molar-refractivity contribution < 1.29 is 0 Å². The standard InChI is InChI=1S/C15H16N4/c1-11-7-15(13-5-3-4-6-14(13)18-11)16-8-12-9-17-19(2)10-12/h3-7,9-10H,8H2,1-2H3,(H,16,18). The van der Waals surface area contributed by atoms with E-state index in [9.17, 15) is 0 Å². The second-order valence-corrected chi connectivity index (χ2v) is 4.70. The number of aryl methyl sites for hydroxylation is 2. The maximum absolute atomic E-state index is 4.54. The Balaban J connectivity index is 1.91. The van der Waals surface area contributed by atoms with Crippen molar-refractivity contribution in [3.63, 3.8) is 0 Å². The van der Waals surface area contributed by atoms with Crippen molar-refractivity contribution in [1.82, 2.24) is 14.8 Å². The van der Waals surface area contributed by atoms with Crippen LogP contribution in [0.3, 0.4) is 0 Å². The van der Waals surface area contributed by atoms with Crippen LogP contribution in [0.25, 0.3) is 10.9 Å². The molecule has 96 valence electrons. The number of hydrogen-bond acceptors (Lipinski definition) is 3. The highest BCUT2D eigenvalue weighted by Gasteiger charge is 2.03. The largest absolute Gasteiger partial charge is 0.380 e. The van der Waals surface area contributed by atoms with Crippen molar-refractivity contribution in [2.75, 3.05) is 5.32 Å². The molecule has 2 aromatic heterocycles. The Hall–Kier alpha value is -2.36. The van der Waals surface area contributed by atoms with Gasteiger partial charge in [-0.15, -0.1) is 0 Å². The molecule has 0 bridgehead atoms. The molecule has 0 radical (unpaired) electrons. The number of anilines is 1. The molecule has 3 aromatic rings. The van der Waals surface area contributed by atoms with E-state index in [1.54, 1.807) is 0 Å². The number of para-hydroxylation sites is 1. The minimum Gasteiger partial charge on any atom is -0.380 e. The molecule has 4 heteroatoms. The molecule has 0 fully saturated rings. The summed E-state index contributed by atoms with van der Waals surface area (Å²) in [6.45, 7) is 2.78. The number of fused-ring (bicyclic) bond motifs is 1. The first kappa shape index (κ1) is 11.7. The van der Waals surface area contributed by atoms with Gasteiger partial charge in [0.2, 0.25) is 0 Å². The van der Waals surface area contributed by atoms with E-state index >= 15 is 0 Å². The van der Waals surface area contributed by atoms with Crippen LogP contribution in [-0.2, 0) is 13.6 Å². The van der Waals surface area contributed by atoms with E-state index < -0.39 is 0 Å². The topological polar surface area (TPSA) is 42.7 Å². The van der Waals surface area contributed by atoms with Gasteiger partial charge in [-0.25, -0.2) is 0 Å². The molecule has 4 nitrogen and oxygen atoms in total. The van der Waals surface area contributed by atoms with Gasteiger partial charge in [0.15, 0.2) is 0 Å². The zero-order valence-corrected chi connectivity index (χ0v) is 11.1. The van der Waals surface area contributed by atoms with Gasteiger partial charge in [-0.1, -0.05) is 18.2 Å². The predicted octanol–water partition coefficient (Wildman–Crippen LogP) is 2.89. The molecule has 0 spiro atoms. The van der Waals surface area contributed by atoms with E-state index in [1.165, 1.54) is 5.56 Å². The summed E-state index contributed by atoms with van der Waals surface area (Å²) in [6, 6.07) is 10.3. The first-order valence-electron chi connectivity index (χ1n) is 6.30. The third kappa shape index (κ3) is 2.42. The number of nitrogens with one attached hydrogen (secondary N) is 1. The lowest BCUT2D eigenvalue weighted by Gasteiger charge is -2.09. The highest BCUT2D eigenvalue weighted by molar-refractivity contribution is 5.91. The van der Waals surface area contributed by atoms with Gasteiger partial charge in [0.1, 0.15) is 0 Å². The SMILES string of the molecule is Cc1cc(NCc2cnn(C)c2)c2ccccc2n1. The van der Waals surface area contributed by atoms with Gasteiger partial charge < -0.3 is 5.32 Å². The summed E-state index contributed by atoms with van der Waals surface area (Å²) >= 11 is 0. The lowest BCUT2D eigenvalue weighted by molar-refractivity contribution is 0.767. The van der Waals surface area contributed by atoms with Gasteiger partial charge in [-0.05, 0) is 19.1 Å². The van der Waals surface area contributed by atoms with Gasteiger partial charge in [0.25, 0.3) is 0 Å². The van der Waals surface area contributed by atoms with Gasteiger partial charge in [0, 0.05) is 42.1 Å². The van der Waals surface area contributed by atoms with Crippen LogP contribution in [0.2, 0.25) is 0 Å². The van der Waals surface area contributed by atoms with Crippen molar-refractivity contribution in [3.8, 4) is 0 Å². The molecule has 2 heterocycles. The van der Waals surface area contributed by atoms with Crippen LogP contribution >= 0.6 is 0 Å². The molecule has 0 unspecified atom stereocenters. The molecular formula is C15H16N4. The monoisotopic (exact) mass is 252 g/mol. The molecule has 1 aromatic carbocycles. The summed E-state index contributed by atoms with van der Waals surface area (Å²) in [7, 11) is 1.93. The summed E-state index contributed by atoms with van der Waals surface area (Å²) < 4.78 is 1.81.